The molecule has 2 N–H and O–H groups in total. The van der Waals surface area contributed by atoms with E-state index in [1.165, 1.54) is 0 Å². The highest BCUT2D eigenvalue weighted by Crippen LogP contribution is 2.17. The topological polar surface area (TPSA) is 78.6 Å². The molecule has 1 rings (SSSR count). The Morgan fingerprint density at radius 3 is 2.83 bits per heavy atom. The van der Waals surface area contributed by atoms with Crippen LogP contribution in [0.3, 0.4) is 0 Å². The molecule has 0 radical (unpaired) electrons. The molecule has 0 spiro atoms. The number of amides is 1. The third-order valence-electron chi connectivity index (χ3n) is 2.61. The van der Waals surface area contributed by atoms with E-state index in [2.05, 4.69) is 10.5 Å². The van der Waals surface area contributed by atoms with Gasteiger partial charge in [-0.05, 0) is 12.5 Å². The summed E-state index contributed by atoms with van der Waals surface area (Å²) in [7, 11) is 0. The van der Waals surface area contributed by atoms with Gasteiger partial charge in [-0.25, -0.2) is 0 Å². The first kappa shape index (κ1) is 14.7. The fraction of sp³-hybridized carbons (Fsp3) is 0.667. The fourth-order valence-electron chi connectivity index (χ4n) is 1.49. The Bertz CT molecular complexity index is 376. The first-order valence-corrected chi connectivity index (χ1v) is 6.16. The average molecular weight is 255 g/mol. The zero-order chi connectivity index (χ0) is 13.5. The zero-order valence-corrected chi connectivity index (χ0v) is 11.1. The normalized spacial score (nSPS) is 11.2. The van der Waals surface area contributed by atoms with Crippen molar-refractivity contribution >= 4 is 11.8 Å². The number of aliphatic hydroxyl groups excluding tert-OH is 1. The average Bonchev–Trinajstić information content (AvgIpc) is 2.77. The van der Waals surface area contributed by atoms with Crippen LogP contribution in [0.15, 0.2) is 10.6 Å². The zero-order valence-electron chi connectivity index (χ0n) is 11.1. The second kappa shape index (κ2) is 7.13. The van der Waals surface area contributed by atoms with E-state index in [0.29, 0.717) is 19.0 Å². The molecule has 0 atom stereocenters. The second-order valence-electron chi connectivity index (χ2n) is 4.41. The number of anilines is 1. The number of aromatic nitrogens is 1. The summed E-state index contributed by atoms with van der Waals surface area (Å²) in [5, 5.41) is 15.3. The SMILES string of the molecule is CCN(CCO)CC(=O)Nc1cc(C(C)C)no1. The summed E-state index contributed by atoms with van der Waals surface area (Å²) in [4.78, 5) is 13.6. The largest absolute Gasteiger partial charge is 0.395 e. The highest BCUT2D eigenvalue weighted by molar-refractivity contribution is 5.90. The Hall–Kier alpha value is -1.40. The first-order chi connectivity index (χ1) is 8.56. The number of rotatable bonds is 7. The molecule has 18 heavy (non-hydrogen) atoms. The van der Waals surface area contributed by atoms with Crippen LogP contribution in [0.2, 0.25) is 0 Å². The van der Waals surface area contributed by atoms with Crippen LogP contribution in [0.4, 0.5) is 5.88 Å². The molecular weight excluding hydrogens is 234 g/mol. The Balaban J connectivity index is 2.48. The summed E-state index contributed by atoms with van der Waals surface area (Å²) in [5.74, 6) is 0.460. The van der Waals surface area contributed by atoms with Gasteiger partial charge in [-0.3, -0.25) is 15.0 Å². The van der Waals surface area contributed by atoms with Crippen molar-refractivity contribution in [2.75, 3.05) is 31.6 Å². The number of hydrogen-bond donors (Lipinski definition) is 2. The van der Waals surface area contributed by atoms with Crippen LogP contribution in [0.1, 0.15) is 32.4 Å². The fourth-order valence-corrected chi connectivity index (χ4v) is 1.49. The number of carbonyl (C=O) groups excluding carboxylic acids is 1. The third-order valence-corrected chi connectivity index (χ3v) is 2.61. The Kier molecular flexibility index (Phi) is 5.80. The summed E-state index contributed by atoms with van der Waals surface area (Å²) in [6.07, 6.45) is 0. The predicted octanol–water partition coefficient (Wildman–Crippen LogP) is 1.05. The maximum absolute atomic E-state index is 11.7. The van der Waals surface area contributed by atoms with Crippen LogP contribution < -0.4 is 5.32 Å². The van der Waals surface area contributed by atoms with Gasteiger partial charge in [0.1, 0.15) is 0 Å². The van der Waals surface area contributed by atoms with E-state index in [9.17, 15) is 4.79 Å². The molecule has 0 bridgehead atoms. The Morgan fingerprint density at radius 1 is 1.61 bits per heavy atom. The molecule has 6 nitrogen and oxygen atoms in total. The highest BCUT2D eigenvalue weighted by Gasteiger charge is 2.12. The van der Waals surface area contributed by atoms with Crippen molar-refractivity contribution in [2.24, 2.45) is 0 Å². The Morgan fingerprint density at radius 2 is 2.33 bits per heavy atom. The van der Waals surface area contributed by atoms with Crippen LogP contribution in [0, 0.1) is 0 Å². The molecule has 0 aliphatic carbocycles. The van der Waals surface area contributed by atoms with Crippen molar-refractivity contribution in [3.05, 3.63) is 11.8 Å². The van der Waals surface area contributed by atoms with Crippen molar-refractivity contribution < 1.29 is 14.4 Å². The predicted molar refractivity (Wildman–Crippen MR) is 68.4 cm³/mol. The maximum Gasteiger partial charge on any atom is 0.240 e. The molecule has 1 heterocycles. The van der Waals surface area contributed by atoms with Crippen molar-refractivity contribution in [3.8, 4) is 0 Å². The van der Waals surface area contributed by atoms with Crippen molar-refractivity contribution in [1.29, 1.82) is 0 Å². The molecule has 0 saturated carbocycles. The molecule has 0 aliphatic heterocycles. The molecule has 0 fully saturated rings. The minimum Gasteiger partial charge on any atom is -0.395 e. The maximum atomic E-state index is 11.7. The monoisotopic (exact) mass is 255 g/mol. The molecule has 1 amide bonds. The summed E-state index contributed by atoms with van der Waals surface area (Å²) in [6.45, 7) is 7.41. The molecule has 102 valence electrons. The number of nitrogens with one attached hydrogen (secondary N) is 1. The van der Waals surface area contributed by atoms with Gasteiger partial charge >= 0.3 is 0 Å². The van der Waals surface area contributed by atoms with Crippen molar-refractivity contribution in [2.45, 2.75) is 26.7 Å². The van der Waals surface area contributed by atoms with E-state index in [1.807, 2.05) is 25.7 Å². The lowest BCUT2D eigenvalue weighted by Crippen LogP contribution is -2.35. The van der Waals surface area contributed by atoms with Gasteiger partial charge in [0.05, 0.1) is 18.8 Å². The van der Waals surface area contributed by atoms with Gasteiger partial charge in [0, 0.05) is 12.6 Å². The molecular formula is C12H21N3O3. The van der Waals surface area contributed by atoms with Crippen LogP contribution in [-0.4, -0.2) is 47.3 Å². The van der Waals surface area contributed by atoms with Crippen LogP contribution >= 0.6 is 0 Å². The van der Waals surface area contributed by atoms with E-state index < -0.39 is 0 Å². The van der Waals surface area contributed by atoms with E-state index in [4.69, 9.17) is 9.63 Å². The van der Waals surface area contributed by atoms with Gasteiger partial charge in [-0.2, -0.15) is 0 Å². The molecule has 0 saturated heterocycles. The summed E-state index contributed by atoms with van der Waals surface area (Å²) < 4.78 is 5.02. The van der Waals surface area contributed by atoms with E-state index in [-0.39, 0.29) is 25.0 Å². The van der Waals surface area contributed by atoms with Crippen LogP contribution in [-0.2, 0) is 4.79 Å². The van der Waals surface area contributed by atoms with Gasteiger partial charge in [0.25, 0.3) is 0 Å². The quantitative estimate of drug-likeness (QED) is 0.761. The Labute approximate surface area is 107 Å². The molecule has 0 unspecified atom stereocenters. The highest BCUT2D eigenvalue weighted by atomic mass is 16.5. The number of likely N-dealkylation sites (N-methyl/N-ethyl adjacent to an activating group) is 1. The molecule has 6 heteroatoms. The van der Waals surface area contributed by atoms with Gasteiger partial charge < -0.3 is 9.63 Å². The minimum atomic E-state index is -0.170. The standard InChI is InChI=1S/C12H21N3O3/c1-4-15(5-6-16)8-11(17)13-12-7-10(9(2)3)14-18-12/h7,9,16H,4-6,8H2,1-3H3,(H,13,17). The van der Waals surface area contributed by atoms with Crippen molar-refractivity contribution in [3.63, 3.8) is 0 Å². The van der Waals surface area contributed by atoms with Gasteiger partial charge in [-0.1, -0.05) is 25.9 Å². The summed E-state index contributed by atoms with van der Waals surface area (Å²) in [6, 6.07) is 1.73. The summed E-state index contributed by atoms with van der Waals surface area (Å²) in [5.41, 5.74) is 0.813. The third kappa shape index (κ3) is 4.46. The first-order valence-electron chi connectivity index (χ1n) is 6.16. The van der Waals surface area contributed by atoms with Gasteiger partial charge in [0.2, 0.25) is 11.8 Å². The summed E-state index contributed by atoms with van der Waals surface area (Å²) >= 11 is 0. The minimum absolute atomic E-state index is 0.0426. The number of hydrogen-bond acceptors (Lipinski definition) is 5. The second-order valence-corrected chi connectivity index (χ2v) is 4.41. The number of aliphatic hydroxyl groups is 1. The van der Waals surface area contributed by atoms with Crippen molar-refractivity contribution in [1.82, 2.24) is 10.1 Å². The van der Waals surface area contributed by atoms with Gasteiger partial charge in [-0.15, -0.1) is 0 Å². The lowest BCUT2D eigenvalue weighted by atomic mass is 10.1. The lowest BCUT2D eigenvalue weighted by Gasteiger charge is -2.17. The molecule has 0 aliphatic rings. The van der Waals surface area contributed by atoms with Gasteiger partial charge in [0.15, 0.2) is 0 Å². The lowest BCUT2D eigenvalue weighted by molar-refractivity contribution is -0.117. The van der Waals surface area contributed by atoms with Crippen LogP contribution in [0.25, 0.3) is 0 Å². The molecule has 1 aromatic rings. The van der Waals surface area contributed by atoms with E-state index in [0.717, 1.165) is 5.69 Å². The molecule has 1 aromatic heterocycles. The molecule has 0 aromatic carbocycles. The van der Waals surface area contributed by atoms with Crippen LogP contribution in [0.5, 0.6) is 0 Å². The number of nitrogens with zero attached hydrogens (tertiary/aromatic N) is 2. The number of carbonyl (C=O) groups is 1. The van der Waals surface area contributed by atoms with E-state index in [1.54, 1.807) is 6.07 Å². The smallest absolute Gasteiger partial charge is 0.240 e. The van der Waals surface area contributed by atoms with E-state index >= 15 is 0 Å².